The van der Waals surface area contributed by atoms with Crippen LogP contribution in [0.5, 0.6) is 5.75 Å². The number of aryl methyl sites for hydroxylation is 1. The third-order valence-corrected chi connectivity index (χ3v) is 5.87. The molecule has 0 fully saturated rings. The van der Waals surface area contributed by atoms with Gasteiger partial charge in [-0.15, -0.1) is 0 Å². The van der Waals surface area contributed by atoms with Gasteiger partial charge in [-0.25, -0.2) is 12.8 Å². The second-order valence-corrected chi connectivity index (χ2v) is 9.09. The van der Waals surface area contributed by atoms with Gasteiger partial charge in [0.25, 0.3) is 15.9 Å². The summed E-state index contributed by atoms with van der Waals surface area (Å²) in [6.45, 7) is 1.35. The van der Waals surface area contributed by atoms with Gasteiger partial charge in [0.05, 0.1) is 4.90 Å². The van der Waals surface area contributed by atoms with E-state index in [1.807, 2.05) is 0 Å². The number of hydrogen-bond acceptors (Lipinski definition) is 4. The molecule has 10 heteroatoms. The van der Waals surface area contributed by atoms with Crippen LogP contribution in [-0.4, -0.2) is 20.9 Å². The molecular weight excluding hydrogens is 466 g/mol. The van der Waals surface area contributed by atoms with E-state index in [-0.39, 0.29) is 17.2 Å². The van der Waals surface area contributed by atoms with Crippen LogP contribution in [0.1, 0.15) is 5.56 Å². The molecule has 0 saturated carbocycles. The smallest absolute Gasteiger partial charge is 0.262 e. The first kappa shape index (κ1) is 22.9. The number of sulfonamides is 1. The van der Waals surface area contributed by atoms with Gasteiger partial charge < -0.3 is 10.1 Å². The highest BCUT2D eigenvalue weighted by Gasteiger charge is 2.16. The van der Waals surface area contributed by atoms with E-state index in [4.69, 9.17) is 27.9 Å². The SMILES string of the molecule is Cc1cc(S(=O)(=O)Nc2ccc(F)cc2)ccc1OCC(=O)Nc1cc(Cl)cc(Cl)c1. The van der Waals surface area contributed by atoms with Crippen molar-refractivity contribution >= 4 is 50.5 Å². The van der Waals surface area contributed by atoms with E-state index in [0.717, 1.165) is 12.1 Å². The highest BCUT2D eigenvalue weighted by Crippen LogP contribution is 2.25. The minimum Gasteiger partial charge on any atom is -0.483 e. The summed E-state index contributed by atoms with van der Waals surface area (Å²) in [6.07, 6.45) is 0. The van der Waals surface area contributed by atoms with Crippen molar-refractivity contribution in [2.75, 3.05) is 16.6 Å². The Hall–Kier alpha value is -2.81. The molecule has 0 saturated heterocycles. The van der Waals surface area contributed by atoms with Crippen LogP contribution in [0, 0.1) is 12.7 Å². The van der Waals surface area contributed by atoms with E-state index in [2.05, 4.69) is 10.0 Å². The number of ether oxygens (including phenoxy) is 1. The maximum Gasteiger partial charge on any atom is 0.262 e. The van der Waals surface area contributed by atoms with E-state index in [0.29, 0.717) is 27.0 Å². The highest BCUT2D eigenvalue weighted by molar-refractivity contribution is 7.92. The van der Waals surface area contributed by atoms with Crippen molar-refractivity contribution in [3.8, 4) is 5.75 Å². The summed E-state index contributed by atoms with van der Waals surface area (Å²) in [4.78, 5) is 12.1. The first-order valence-electron chi connectivity index (χ1n) is 8.90. The molecule has 0 aromatic heterocycles. The zero-order valence-corrected chi connectivity index (χ0v) is 18.5. The Kier molecular flexibility index (Phi) is 7.04. The van der Waals surface area contributed by atoms with Crippen molar-refractivity contribution in [2.45, 2.75) is 11.8 Å². The summed E-state index contributed by atoms with van der Waals surface area (Å²) in [5.41, 5.74) is 1.17. The van der Waals surface area contributed by atoms with E-state index in [1.54, 1.807) is 25.1 Å². The first-order chi connectivity index (χ1) is 14.6. The molecule has 3 aromatic rings. The maximum absolute atomic E-state index is 13.0. The number of benzene rings is 3. The van der Waals surface area contributed by atoms with Crippen molar-refractivity contribution in [1.29, 1.82) is 0 Å². The van der Waals surface area contributed by atoms with Crippen LogP contribution in [-0.2, 0) is 14.8 Å². The van der Waals surface area contributed by atoms with Gasteiger partial charge in [-0.3, -0.25) is 9.52 Å². The van der Waals surface area contributed by atoms with Crippen LogP contribution < -0.4 is 14.8 Å². The fraction of sp³-hybridized carbons (Fsp3) is 0.0952. The number of halogens is 3. The van der Waals surface area contributed by atoms with Gasteiger partial charge in [-0.2, -0.15) is 0 Å². The van der Waals surface area contributed by atoms with Crippen LogP contribution >= 0.6 is 23.2 Å². The molecule has 2 N–H and O–H groups in total. The van der Waals surface area contributed by atoms with Gasteiger partial charge >= 0.3 is 0 Å². The van der Waals surface area contributed by atoms with Crippen molar-refractivity contribution in [1.82, 2.24) is 0 Å². The van der Waals surface area contributed by atoms with Crippen LogP contribution in [0.3, 0.4) is 0 Å². The summed E-state index contributed by atoms with van der Waals surface area (Å²) < 4.78 is 46.0. The van der Waals surface area contributed by atoms with Gasteiger partial charge in [0.15, 0.2) is 6.61 Å². The van der Waals surface area contributed by atoms with Crippen LogP contribution in [0.15, 0.2) is 65.6 Å². The lowest BCUT2D eigenvalue weighted by molar-refractivity contribution is -0.118. The summed E-state index contributed by atoms with van der Waals surface area (Å²) in [5, 5.41) is 3.38. The lowest BCUT2D eigenvalue weighted by Crippen LogP contribution is -2.20. The molecule has 3 rings (SSSR count). The molecule has 0 radical (unpaired) electrons. The lowest BCUT2D eigenvalue weighted by atomic mass is 10.2. The number of hydrogen-bond donors (Lipinski definition) is 2. The minimum atomic E-state index is -3.88. The summed E-state index contributed by atoms with van der Waals surface area (Å²) in [5.74, 6) is -0.560. The standard InChI is InChI=1S/C21H17Cl2FN2O4S/c1-13-8-19(31(28,29)26-17-4-2-16(24)3-5-17)6-7-20(13)30-12-21(27)25-18-10-14(22)9-15(23)11-18/h2-11,26H,12H2,1H3,(H,25,27). The van der Waals surface area contributed by atoms with Gasteiger partial charge in [-0.1, -0.05) is 23.2 Å². The zero-order valence-electron chi connectivity index (χ0n) is 16.2. The fourth-order valence-corrected chi connectivity index (χ4v) is 4.32. The van der Waals surface area contributed by atoms with Gasteiger partial charge in [0.2, 0.25) is 0 Å². The Balaban J connectivity index is 1.64. The number of carbonyl (C=O) groups is 1. The van der Waals surface area contributed by atoms with Crippen molar-refractivity contribution in [2.24, 2.45) is 0 Å². The van der Waals surface area contributed by atoms with Crippen molar-refractivity contribution in [3.63, 3.8) is 0 Å². The quantitative estimate of drug-likeness (QED) is 0.480. The molecule has 0 aliphatic carbocycles. The topological polar surface area (TPSA) is 84.5 Å². The minimum absolute atomic E-state index is 0.000282. The predicted molar refractivity (Wildman–Crippen MR) is 119 cm³/mol. The fourth-order valence-electron chi connectivity index (χ4n) is 2.65. The molecular formula is C21H17Cl2FN2O4S. The summed E-state index contributed by atoms with van der Waals surface area (Å²) in [7, 11) is -3.88. The molecule has 0 aliphatic rings. The van der Waals surface area contributed by atoms with Crippen LogP contribution in [0.25, 0.3) is 0 Å². The predicted octanol–water partition coefficient (Wildman–Crippen LogP) is 5.26. The van der Waals surface area contributed by atoms with Crippen molar-refractivity contribution in [3.05, 3.63) is 82.1 Å². The van der Waals surface area contributed by atoms with Gasteiger partial charge in [-0.05, 0) is 73.2 Å². The molecule has 162 valence electrons. The molecule has 0 atom stereocenters. The Morgan fingerprint density at radius 2 is 1.61 bits per heavy atom. The Morgan fingerprint density at radius 3 is 2.23 bits per heavy atom. The monoisotopic (exact) mass is 482 g/mol. The van der Waals surface area contributed by atoms with Crippen molar-refractivity contribution < 1.29 is 22.3 Å². The zero-order chi connectivity index (χ0) is 22.6. The Labute approximate surface area is 189 Å². The summed E-state index contributed by atoms with van der Waals surface area (Å²) in [6, 6.07) is 13.8. The second-order valence-electron chi connectivity index (χ2n) is 6.53. The molecule has 0 unspecified atom stereocenters. The third-order valence-electron chi connectivity index (χ3n) is 4.06. The molecule has 6 nitrogen and oxygen atoms in total. The Bertz CT molecular complexity index is 1200. The number of anilines is 2. The number of carbonyl (C=O) groups excluding carboxylic acids is 1. The molecule has 31 heavy (non-hydrogen) atoms. The lowest BCUT2D eigenvalue weighted by Gasteiger charge is -2.12. The van der Waals surface area contributed by atoms with Crippen LogP contribution in [0.4, 0.5) is 15.8 Å². The highest BCUT2D eigenvalue weighted by atomic mass is 35.5. The number of amides is 1. The second kappa shape index (κ2) is 9.55. The van der Waals surface area contributed by atoms with E-state index in [9.17, 15) is 17.6 Å². The average molecular weight is 483 g/mol. The van der Waals surface area contributed by atoms with Crippen LogP contribution in [0.2, 0.25) is 10.0 Å². The average Bonchev–Trinajstić information content (AvgIpc) is 2.68. The summed E-state index contributed by atoms with van der Waals surface area (Å²) >= 11 is 11.8. The third kappa shape index (κ3) is 6.33. The molecule has 0 aliphatic heterocycles. The van der Waals surface area contributed by atoms with E-state index in [1.165, 1.54) is 30.3 Å². The molecule has 3 aromatic carbocycles. The van der Waals surface area contributed by atoms with E-state index >= 15 is 0 Å². The normalized spacial score (nSPS) is 11.1. The first-order valence-corrected chi connectivity index (χ1v) is 11.1. The molecule has 0 spiro atoms. The molecule has 0 heterocycles. The molecule has 1 amide bonds. The van der Waals surface area contributed by atoms with E-state index < -0.39 is 21.7 Å². The molecule has 0 bridgehead atoms. The van der Waals surface area contributed by atoms with Gasteiger partial charge in [0.1, 0.15) is 11.6 Å². The number of rotatable bonds is 7. The largest absolute Gasteiger partial charge is 0.483 e. The van der Waals surface area contributed by atoms with Gasteiger partial charge in [0, 0.05) is 21.4 Å². The maximum atomic E-state index is 13.0. The Morgan fingerprint density at radius 1 is 0.968 bits per heavy atom. The number of nitrogens with one attached hydrogen (secondary N) is 2.